The SMILES string of the molecule is COc1ccc(/C=C/C(=O)C[C@@H]2O[C@H](COC(C)=O)[C@@H](OC(C)=O)[C@H](OC(C)=O)[C@H]2OC(C)=O)cc1. The van der Waals surface area contributed by atoms with Gasteiger partial charge in [-0.25, -0.2) is 0 Å². The number of methoxy groups -OCH3 is 1. The maximum absolute atomic E-state index is 12.8. The van der Waals surface area contributed by atoms with E-state index in [0.29, 0.717) is 5.75 Å². The smallest absolute Gasteiger partial charge is 0.303 e. The van der Waals surface area contributed by atoms with Crippen LogP contribution >= 0.6 is 0 Å². The molecule has 0 N–H and O–H groups in total. The Labute approximate surface area is 208 Å². The largest absolute Gasteiger partial charge is 0.497 e. The topological polar surface area (TPSA) is 141 Å². The molecule has 36 heavy (non-hydrogen) atoms. The molecule has 0 aliphatic carbocycles. The van der Waals surface area contributed by atoms with Crippen LogP contribution in [-0.4, -0.2) is 73.9 Å². The van der Waals surface area contributed by atoms with Crippen molar-refractivity contribution in [2.24, 2.45) is 0 Å². The molecule has 0 radical (unpaired) electrons. The molecule has 196 valence electrons. The Morgan fingerprint density at radius 2 is 1.31 bits per heavy atom. The van der Waals surface area contributed by atoms with Crippen molar-refractivity contribution in [2.75, 3.05) is 13.7 Å². The Balaban J connectivity index is 2.33. The van der Waals surface area contributed by atoms with E-state index in [9.17, 15) is 24.0 Å². The Bertz CT molecular complexity index is 982. The average molecular weight is 507 g/mol. The summed E-state index contributed by atoms with van der Waals surface area (Å²) in [5.74, 6) is -2.55. The fourth-order valence-corrected chi connectivity index (χ4v) is 3.65. The van der Waals surface area contributed by atoms with Gasteiger partial charge in [-0.2, -0.15) is 0 Å². The van der Waals surface area contributed by atoms with Gasteiger partial charge in [0, 0.05) is 34.1 Å². The Morgan fingerprint density at radius 3 is 1.81 bits per heavy atom. The molecule has 0 saturated carbocycles. The second-order valence-electron chi connectivity index (χ2n) is 8.01. The van der Waals surface area contributed by atoms with Crippen molar-refractivity contribution in [1.82, 2.24) is 0 Å². The monoisotopic (exact) mass is 506 g/mol. The normalized spacial score (nSPS) is 23.4. The number of allylic oxidation sites excluding steroid dienone is 1. The first-order valence-electron chi connectivity index (χ1n) is 11.2. The van der Waals surface area contributed by atoms with E-state index in [-0.39, 0.29) is 18.8 Å². The second kappa shape index (κ2) is 13.4. The highest BCUT2D eigenvalue weighted by molar-refractivity contribution is 5.94. The predicted octanol–water partition coefficient (Wildman–Crippen LogP) is 1.79. The van der Waals surface area contributed by atoms with Crippen LogP contribution in [0.1, 0.15) is 39.7 Å². The summed E-state index contributed by atoms with van der Waals surface area (Å²) in [7, 11) is 1.54. The second-order valence-corrected chi connectivity index (χ2v) is 8.01. The molecule has 11 nitrogen and oxygen atoms in total. The van der Waals surface area contributed by atoms with Gasteiger partial charge in [0.25, 0.3) is 0 Å². The van der Waals surface area contributed by atoms with Crippen LogP contribution in [0.4, 0.5) is 0 Å². The molecule has 0 unspecified atom stereocenters. The van der Waals surface area contributed by atoms with Gasteiger partial charge >= 0.3 is 23.9 Å². The van der Waals surface area contributed by atoms with Crippen molar-refractivity contribution < 1.29 is 52.4 Å². The fraction of sp³-hybridized carbons (Fsp3) is 0.480. The maximum atomic E-state index is 12.8. The van der Waals surface area contributed by atoms with E-state index >= 15 is 0 Å². The molecule has 1 aliphatic rings. The highest BCUT2D eigenvalue weighted by Gasteiger charge is 2.52. The Hall–Kier alpha value is -3.73. The van der Waals surface area contributed by atoms with Crippen molar-refractivity contribution in [2.45, 2.75) is 64.6 Å². The van der Waals surface area contributed by atoms with Crippen LogP contribution in [0.25, 0.3) is 6.08 Å². The van der Waals surface area contributed by atoms with Crippen LogP contribution in [0.15, 0.2) is 30.3 Å². The molecule has 11 heteroatoms. The van der Waals surface area contributed by atoms with Crippen molar-refractivity contribution in [3.05, 3.63) is 35.9 Å². The highest BCUT2D eigenvalue weighted by Crippen LogP contribution is 2.31. The van der Waals surface area contributed by atoms with Gasteiger partial charge in [0.15, 0.2) is 24.1 Å². The van der Waals surface area contributed by atoms with Gasteiger partial charge in [0.05, 0.1) is 7.11 Å². The first kappa shape index (κ1) is 28.5. The molecule has 1 saturated heterocycles. The lowest BCUT2D eigenvalue weighted by Crippen LogP contribution is -2.62. The lowest BCUT2D eigenvalue weighted by Gasteiger charge is -2.44. The number of carbonyl (C=O) groups excluding carboxylic acids is 5. The van der Waals surface area contributed by atoms with Crippen LogP contribution in [0.3, 0.4) is 0 Å². The van der Waals surface area contributed by atoms with E-state index < -0.39 is 54.4 Å². The van der Waals surface area contributed by atoms with Crippen molar-refractivity contribution in [3.8, 4) is 5.75 Å². The third-order valence-electron chi connectivity index (χ3n) is 5.07. The molecule has 1 aliphatic heterocycles. The lowest BCUT2D eigenvalue weighted by molar-refractivity contribution is -0.252. The molecule has 1 fully saturated rings. The fourth-order valence-electron chi connectivity index (χ4n) is 3.65. The van der Waals surface area contributed by atoms with Gasteiger partial charge in [-0.05, 0) is 23.8 Å². The van der Waals surface area contributed by atoms with E-state index in [1.165, 1.54) is 13.0 Å². The minimum Gasteiger partial charge on any atom is -0.497 e. The summed E-state index contributed by atoms with van der Waals surface area (Å²) < 4.78 is 32.1. The quantitative estimate of drug-likeness (QED) is 0.260. The number of benzene rings is 1. The predicted molar refractivity (Wildman–Crippen MR) is 124 cm³/mol. The summed E-state index contributed by atoms with van der Waals surface area (Å²) in [4.78, 5) is 59.7. The van der Waals surface area contributed by atoms with Crippen LogP contribution in [-0.2, 0) is 47.7 Å². The first-order valence-corrected chi connectivity index (χ1v) is 11.2. The summed E-state index contributed by atoms with van der Waals surface area (Å²) in [5.41, 5.74) is 0.741. The van der Waals surface area contributed by atoms with Crippen LogP contribution in [0.2, 0.25) is 0 Å². The molecule has 0 amide bonds. The molecule has 1 heterocycles. The molecule has 2 rings (SSSR count). The zero-order chi connectivity index (χ0) is 26.8. The summed E-state index contributed by atoms with van der Waals surface area (Å²) in [6.45, 7) is 4.22. The number of esters is 4. The Morgan fingerprint density at radius 1 is 0.778 bits per heavy atom. The third-order valence-corrected chi connectivity index (χ3v) is 5.07. The number of hydrogen-bond acceptors (Lipinski definition) is 11. The van der Waals surface area contributed by atoms with E-state index in [1.54, 1.807) is 37.5 Å². The third kappa shape index (κ3) is 8.81. The van der Waals surface area contributed by atoms with Gasteiger partial charge in [-0.1, -0.05) is 18.2 Å². The lowest BCUT2D eigenvalue weighted by atomic mass is 9.91. The Kier molecular flexibility index (Phi) is 10.6. The van der Waals surface area contributed by atoms with E-state index in [2.05, 4.69) is 0 Å². The van der Waals surface area contributed by atoms with E-state index in [4.69, 9.17) is 28.4 Å². The number of hydrogen-bond donors (Lipinski definition) is 0. The van der Waals surface area contributed by atoms with Crippen molar-refractivity contribution in [1.29, 1.82) is 0 Å². The number of carbonyl (C=O) groups is 5. The molecule has 5 atom stereocenters. The highest BCUT2D eigenvalue weighted by atomic mass is 16.7. The molecule has 1 aromatic carbocycles. The van der Waals surface area contributed by atoms with Gasteiger partial charge < -0.3 is 28.4 Å². The maximum Gasteiger partial charge on any atom is 0.303 e. The zero-order valence-corrected chi connectivity index (χ0v) is 20.8. The average Bonchev–Trinajstić information content (AvgIpc) is 2.79. The van der Waals surface area contributed by atoms with Crippen molar-refractivity contribution in [3.63, 3.8) is 0 Å². The molecule has 0 aromatic heterocycles. The van der Waals surface area contributed by atoms with Crippen LogP contribution < -0.4 is 4.74 Å². The summed E-state index contributed by atoms with van der Waals surface area (Å²) in [6.07, 6.45) is -3.41. The van der Waals surface area contributed by atoms with Crippen LogP contribution in [0.5, 0.6) is 5.75 Å². The number of ketones is 1. The number of ether oxygens (including phenoxy) is 6. The standard InChI is InChI=1S/C25H30O11/c1-14(26)32-13-22-24(34-16(3)28)25(35-17(4)29)23(33-15(2)27)21(36-22)12-19(30)9-6-18-7-10-20(31-5)11-8-18/h6-11,21-25H,12-13H2,1-5H3/b9-6+/t21-,22+,23-,24+,25+/m0/s1. The van der Waals surface area contributed by atoms with Gasteiger partial charge in [-0.15, -0.1) is 0 Å². The van der Waals surface area contributed by atoms with Crippen LogP contribution in [0, 0.1) is 0 Å². The molecular weight excluding hydrogens is 476 g/mol. The zero-order valence-electron chi connectivity index (χ0n) is 20.8. The minimum absolute atomic E-state index is 0.272. The summed E-state index contributed by atoms with van der Waals surface area (Å²) in [5, 5.41) is 0. The van der Waals surface area contributed by atoms with E-state index in [1.807, 2.05) is 0 Å². The van der Waals surface area contributed by atoms with Crippen molar-refractivity contribution >= 4 is 35.7 Å². The van der Waals surface area contributed by atoms with E-state index in [0.717, 1.165) is 26.3 Å². The number of rotatable bonds is 10. The molecule has 1 aromatic rings. The molecule has 0 bridgehead atoms. The molecular formula is C25H30O11. The van der Waals surface area contributed by atoms with Gasteiger partial charge in [0.1, 0.15) is 24.6 Å². The first-order chi connectivity index (χ1) is 17.0. The molecule has 0 spiro atoms. The summed E-state index contributed by atoms with van der Waals surface area (Å²) in [6, 6.07) is 7.00. The van der Waals surface area contributed by atoms with Gasteiger partial charge in [-0.3, -0.25) is 24.0 Å². The van der Waals surface area contributed by atoms with Gasteiger partial charge in [0.2, 0.25) is 0 Å². The summed E-state index contributed by atoms with van der Waals surface area (Å²) >= 11 is 0. The minimum atomic E-state index is -1.31.